The van der Waals surface area contributed by atoms with Crippen LogP contribution in [0.1, 0.15) is 11.4 Å². The van der Waals surface area contributed by atoms with Crippen LogP contribution in [0.5, 0.6) is 17.2 Å². The Labute approximate surface area is 205 Å². The smallest absolute Gasteiger partial charge is 0.246 e. The highest BCUT2D eigenvalue weighted by Crippen LogP contribution is 2.38. The van der Waals surface area contributed by atoms with Gasteiger partial charge >= 0.3 is 0 Å². The maximum absolute atomic E-state index is 12.8. The molecule has 1 fully saturated rings. The Bertz CT molecular complexity index is 1180. The van der Waals surface area contributed by atoms with Crippen LogP contribution in [0.25, 0.3) is 17.3 Å². The van der Waals surface area contributed by atoms with Crippen LogP contribution < -0.4 is 19.1 Å². The minimum absolute atomic E-state index is 0.0396. The lowest BCUT2D eigenvalue weighted by Crippen LogP contribution is -2.48. The number of methoxy groups -OCH3 is 3. The molecule has 1 aliphatic rings. The summed E-state index contributed by atoms with van der Waals surface area (Å²) >= 11 is 0. The van der Waals surface area contributed by atoms with Crippen LogP contribution in [0.15, 0.2) is 54.6 Å². The lowest BCUT2D eigenvalue weighted by atomic mass is 10.1. The molecule has 0 radical (unpaired) electrons. The Morgan fingerprint density at radius 1 is 0.886 bits per heavy atom. The summed E-state index contributed by atoms with van der Waals surface area (Å²) in [5.41, 5.74) is 2.75. The maximum atomic E-state index is 12.8. The zero-order valence-electron chi connectivity index (χ0n) is 20.5. The van der Waals surface area contributed by atoms with Crippen LogP contribution in [-0.2, 0) is 4.79 Å². The summed E-state index contributed by atoms with van der Waals surface area (Å²) in [6, 6.07) is 15.7. The van der Waals surface area contributed by atoms with Gasteiger partial charge in [-0.1, -0.05) is 30.3 Å². The number of carbonyl (C=O) groups is 1. The SMILES string of the molecule is COc1cc(/C=C/C(=O)N2CCN(c3cc(-c4ccccc4)nc(C)n3)CC2)cc(OC)c1OC. The molecule has 0 N–H and O–H groups in total. The zero-order chi connectivity index (χ0) is 24.8. The summed E-state index contributed by atoms with van der Waals surface area (Å²) in [7, 11) is 4.69. The number of hydrogen-bond acceptors (Lipinski definition) is 7. The second-order valence-corrected chi connectivity index (χ2v) is 8.13. The fourth-order valence-corrected chi connectivity index (χ4v) is 4.10. The molecule has 1 aromatic heterocycles. The van der Waals surface area contributed by atoms with E-state index < -0.39 is 0 Å². The molecule has 0 atom stereocenters. The van der Waals surface area contributed by atoms with Crippen LogP contribution >= 0.6 is 0 Å². The third-order valence-corrected chi connectivity index (χ3v) is 5.91. The molecule has 4 rings (SSSR count). The molecule has 1 aliphatic heterocycles. The van der Waals surface area contributed by atoms with Crippen LogP contribution in [0.4, 0.5) is 5.82 Å². The summed E-state index contributed by atoms with van der Waals surface area (Å²) in [6.45, 7) is 4.54. The van der Waals surface area contributed by atoms with Crippen LogP contribution in [0.2, 0.25) is 0 Å². The van der Waals surface area contributed by atoms with Crippen molar-refractivity contribution in [1.29, 1.82) is 0 Å². The average Bonchev–Trinajstić information content (AvgIpc) is 2.91. The molecule has 0 aliphatic carbocycles. The molecule has 0 saturated carbocycles. The van der Waals surface area contributed by atoms with E-state index in [2.05, 4.69) is 14.9 Å². The predicted molar refractivity (Wildman–Crippen MR) is 136 cm³/mol. The van der Waals surface area contributed by atoms with Gasteiger partial charge in [0.2, 0.25) is 11.7 Å². The molecule has 2 heterocycles. The van der Waals surface area contributed by atoms with Crippen LogP contribution in [0, 0.1) is 6.92 Å². The third-order valence-electron chi connectivity index (χ3n) is 5.91. The van der Waals surface area contributed by atoms with Gasteiger partial charge in [0.1, 0.15) is 11.6 Å². The fourth-order valence-electron chi connectivity index (χ4n) is 4.10. The Hall–Kier alpha value is -4.07. The number of piperazine rings is 1. The first kappa shape index (κ1) is 24.1. The quantitative estimate of drug-likeness (QED) is 0.482. The van der Waals surface area contributed by atoms with Crippen molar-refractivity contribution in [3.63, 3.8) is 0 Å². The van der Waals surface area contributed by atoms with Crippen LogP contribution in [0.3, 0.4) is 0 Å². The average molecular weight is 475 g/mol. The van der Waals surface area contributed by atoms with Crippen molar-refractivity contribution in [2.24, 2.45) is 0 Å². The van der Waals surface area contributed by atoms with E-state index in [0.29, 0.717) is 43.4 Å². The molecule has 0 bridgehead atoms. The highest BCUT2D eigenvalue weighted by molar-refractivity contribution is 5.92. The largest absolute Gasteiger partial charge is 0.493 e. The van der Waals surface area contributed by atoms with Crippen molar-refractivity contribution >= 4 is 17.8 Å². The molecule has 182 valence electrons. The van der Waals surface area contributed by atoms with Gasteiger partial charge in [-0.15, -0.1) is 0 Å². The van der Waals surface area contributed by atoms with Gasteiger partial charge in [-0.05, 0) is 30.7 Å². The maximum Gasteiger partial charge on any atom is 0.246 e. The van der Waals surface area contributed by atoms with E-state index in [-0.39, 0.29) is 5.91 Å². The minimum atomic E-state index is -0.0396. The first-order valence-corrected chi connectivity index (χ1v) is 11.5. The summed E-state index contributed by atoms with van der Waals surface area (Å²) in [5, 5.41) is 0. The van der Waals surface area contributed by atoms with Crippen molar-refractivity contribution in [2.75, 3.05) is 52.4 Å². The number of benzene rings is 2. The molecule has 1 amide bonds. The van der Waals surface area contributed by atoms with Gasteiger partial charge in [0, 0.05) is 43.9 Å². The number of aryl methyl sites for hydroxylation is 1. The standard InChI is InChI=1S/C27H30N4O4/c1-19-28-22(21-8-6-5-7-9-21)18-25(29-19)30-12-14-31(15-13-30)26(32)11-10-20-16-23(33-2)27(35-4)24(17-20)34-3/h5-11,16-18H,12-15H2,1-4H3/b11-10+. The van der Waals surface area contributed by atoms with E-state index >= 15 is 0 Å². The lowest BCUT2D eigenvalue weighted by molar-refractivity contribution is -0.126. The summed E-state index contributed by atoms with van der Waals surface area (Å²) < 4.78 is 16.1. The van der Waals surface area contributed by atoms with Gasteiger partial charge in [-0.2, -0.15) is 0 Å². The van der Waals surface area contributed by atoms with E-state index in [0.717, 1.165) is 28.5 Å². The van der Waals surface area contributed by atoms with Crippen molar-refractivity contribution in [2.45, 2.75) is 6.92 Å². The van der Waals surface area contributed by atoms with Gasteiger partial charge in [-0.3, -0.25) is 4.79 Å². The van der Waals surface area contributed by atoms with Crippen molar-refractivity contribution in [3.05, 3.63) is 66.0 Å². The van der Waals surface area contributed by atoms with E-state index in [4.69, 9.17) is 14.2 Å². The normalized spacial score (nSPS) is 13.7. The van der Waals surface area contributed by atoms with E-state index in [1.54, 1.807) is 33.5 Å². The second-order valence-electron chi connectivity index (χ2n) is 8.13. The molecule has 3 aromatic rings. The third kappa shape index (κ3) is 5.54. The van der Waals surface area contributed by atoms with Crippen molar-refractivity contribution in [3.8, 4) is 28.5 Å². The number of hydrogen-bond donors (Lipinski definition) is 0. The van der Waals surface area contributed by atoms with Gasteiger partial charge in [-0.25, -0.2) is 9.97 Å². The molecule has 1 saturated heterocycles. The number of anilines is 1. The summed E-state index contributed by atoms with van der Waals surface area (Å²) in [6.07, 6.45) is 3.35. The van der Waals surface area contributed by atoms with Crippen molar-refractivity contribution in [1.82, 2.24) is 14.9 Å². The predicted octanol–water partition coefficient (Wildman–Crippen LogP) is 3.84. The van der Waals surface area contributed by atoms with E-state index in [1.165, 1.54) is 0 Å². The van der Waals surface area contributed by atoms with E-state index in [9.17, 15) is 4.79 Å². The number of carbonyl (C=O) groups excluding carboxylic acids is 1. The highest BCUT2D eigenvalue weighted by atomic mass is 16.5. The fraction of sp³-hybridized carbons (Fsp3) is 0.296. The summed E-state index contributed by atoms with van der Waals surface area (Å²) in [5.74, 6) is 3.18. The van der Waals surface area contributed by atoms with Gasteiger partial charge < -0.3 is 24.0 Å². The zero-order valence-corrected chi connectivity index (χ0v) is 20.5. The molecular weight excluding hydrogens is 444 g/mol. The molecular formula is C27H30N4O4. The number of amides is 1. The highest BCUT2D eigenvalue weighted by Gasteiger charge is 2.21. The molecule has 0 unspecified atom stereocenters. The van der Waals surface area contributed by atoms with Gasteiger partial charge in [0.15, 0.2) is 11.5 Å². The first-order chi connectivity index (χ1) is 17.0. The molecule has 0 spiro atoms. The Balaban J connectivity index is 1.42. The number of rotatable bonds is 7. The number of ether oxygens (including phenoxy) is 3. The summed E-state index contributed by atoms with van der Waals surface area (Å²) in [4.78, 5) is 26.1. The Morgan fingerprint density at radius 2 is 1.54 bits per heavy atom. The van der Waals surface area contributed by atoms with Gasteiger partial charge in [0.05, 0.1) is 27.0 Å². The molecule has 2 aromatic carbocycles. The van der Waals surface area contributed by atoms with Crippen molar-refractivity contribution < 1.29 is 19.0 Å². The van der Waals surface area contributed by atoms with Crippen LogP contribution in [-0.4, -0.2) is 68.3 Å². The topological polar surface area (TPSA) is 77.0 Å². The molecule has 8 nitrogen and oxygen atoms in total. The van der Waals surface area contributed by atoms with Gasteiger partial charge in [0.25, 0.3) is 0 Å². The Kier molecular flexibility index (Phi) is 7.50. The number of nitrogens with zero attached hydrogens (tertiary/aromatic N) is 4. The first-order valence-electron chi connectivity index (χ1n) is 11.5. The van der Waals surface area contributed by atoms with E-state index in [1.807, 2.05) is 60.4 Å². The molecule has 35 heavy (non-hydrogen) atoms. The lowest BCUT2D eigenvalue weighted by Gasteiger charge is -2.35. The minimum Gasteiger partial charge on any atom is -0.493 e. The molecule has 8 heteroatoms. The Morgan fingerprint density at radius 3 is 2.14 bits per heavy atom. The monoisotopic (exact) mass is 474 g/mol. The second kappa shape index (κ2) is 10.9. The number of aromatic nitrogens is 2.